The fourth-order valence-corrected chi connectivity index (χ4v) is 3.21. The number of rotatable bonds is 3. The van der Waals surface area contributed by atoms with Crippen LogP contribution >= 0.6 is 11.6 Å². The first-order valence-corrected chi connectivity index (χ1v) is 7.56. The molecule has 0 saturated carbocycles. The van der Waals surface area contributed by atoms with E-state index in [-0.39, 0.29) is 5.41 Å². The molecular weight excluding hydrogens is 256 g/mol. The lowest BCUT2D eigenvalue weighted by atomic mass is 9.79. The summed E-state index contributed by atoms with van der Waals surface area (Å²) in [7, 11) is 0. The van der Waals surface area contributed by atoms with E-state index in [1.54, 1.807) is 0 Å². The third-order valence-corrected chi connectivity index (χ3v) is 4.72. The van der Waals surface area contributed by atoms with Crippen molar-refractivity contribution in [2.45, 2.75) is 46.2 Å². The molecule has 1 unspecified atom stereocenters. The molecule has 1 fully saturated rings. The van der Waals surface area contributed by atoms with E-state index in [0.717, 1.165) is 37.5 Å². The van der Waals surface area contributed by atoms with Crippen molar-refractivity contribution in [3.05, 3.63) is 34.3 Å². The van der Waals surface area contributed by atoms with Crippen LogP contribution in [0, 0.1) is 5.41 Å². The van der Waals surface area contributed by atoms with E-state index in [2.05, 4.69) is 31.7 Å². The Balaban J connectivity index is 2.14. The van der Waals surface area contributed by atoms with Gasteiger partial charge in [0.05, 0.1) is 0 Å². The number of hydrogen-bond donors (Lipinski definition) is 1. The quantitative estimate of drug-likeness (QED) is 0.919. The molecule has 0 bridgehead atoms. The summed E-state index contributed by atoms with van der Waals surface area (Å²) in [6.07, 6.45) is 2.10. The third kappa shape index (κ3) is 3.31. The molecule has 3 heteroatoms. The molecule has 19 heavy (non-hydrogen) atoms. The molecule has 1 aromatic rings. The van der Waals surface area contributed by atoms with Gasteiger partial charge in [0.25, 0.3) is 0 Å². The Morgan fingerprint density at radius 3 is 2.79 bits per heavy atom. The number of piperidine rings is 1. The SMILES string of the molecule is CCc1cccc(Cl)c1CN1CCC(N)C(C)(C)C1. The highest BCUT2D eigenvalue weighted by molar-refractivity contribution is 6.31. The van der Waals surface area contributed by atoms with Crippen molar-refractivity contribution in [1.82, 2.24) is 4.90 Å². The predicted octanol–water partition coefficient (Wildman–Crippen LogP) is 3.46. The zero-order chi connectivity index (χ0) is 14.0. The number of aryl methyl sites for hydroxylation is 1. The molecule has 0 aliphatic carbocycles. The molecule has 2 nitrogen and oxygen atoms in total. The van der Waals surface area contributed by atoms with Crippen LogP contribution in [0.4, 0.5) is 0 Å². The molecule has 0 radical (unpaired) electrons. The zero-order valence-electron chi connectivity index (χ0n) is 12.2. The number of halogens is 1. The number of nitrogens with two attached hydrogens (primary N) is 1. The van der Waals surface area contributed by atoms with Gasteiger partial charge < -0.3 is 5.73 Å². The lowest BCUT2D eigenvalue weighted by Gasteiger charge is -2.43. The Bertz CT molecular complexity index is 442. The minimum atomic E-state index is 0.186. The summed E-state index contributed by atoms with van der Waals surface area (Å²) in [4.78, 5) is 2.49. The first kappa shape index (κ1) is 14.8. The molecule has 2 N–H and O–H groups in total. The van der Waals surface area contributed by atoms with Crippen molar-refractivity contribution >= 4 is 11.6 Å². The molecular formula is C16H25ClN2. The van der Waals surface area contributed by atoms with Crippen molar-refractivity contribution in [2.75, 3.05) is 13.1 Å². The van der Waals surface area contributed by atoms with E-state index in [1.165, 1.54) is 11.1 Å². The van der Waals surface area contributed by atoms with Gasteiger partial charge in [0.15, 0.2) is 0 Å². The van der Waals surface area contributed by atoms with Crippen LogP contribution in [0.1, 0.15) is 38.3 Å². The molecule has 1 heterocycles. The van der Waals surface area contributed by atoms with Crippen LogP contribution in [0.15, 0.2) is 18.2 Å². The van der Waals surface area contributed by atoms with Gasteiger partial charge in [-0.2, -0.15) is 0 Å². The second-order valence-corrected chi connectivity index (χ2v) is 6.73. The van der Waals surface area contributed by atoms with Crippen molar-refractivity contribution in [2.24, 2.45) is 11.1 Å². The molecule has 106 valence electrons. The van der Waals surface area contributed by atoms with Gasteiger partial charge in [-0.1, -0.05) is 44.5 Å². The lowest BCUT2D eigenvalue weighted by molar-refractivity contribution is 0.0897. The van der Waals surface area contributed by atoms with Crippen molar-refractivity contribution < 1.29 is 0 Å². The molecule has 2 rings (SSSR count). The lowest BCUT2D eigenvalue weighted by Crippen LogP contribution is -2.52. The summed E-state index contributed by atoms with van der Waals surface area (Å²) in [6, 6.07) is 6.53. The first-order valence-electron chi connectivity index (χ1n) is 7.18. The molecule has 1 atom stereocenters. The fraction of sp³-hybridized carbons (Fsp3) is 0.625. The maximum absolute atomic E-state index is 6.38. The highest BCUT2D eigenvalue weighted by Gasteiger charge is 2.33. The maximum atomic E-state index is 6.38. The minimum absolute atomic E-state index is 0.186. The second kappa shape index (κ2) is 5.82. The number of likely N-dealkylation sites (tertiary alicyclic amines) is 1. The van der Waals surface area contributed by atoms with Crippen LogP contribution in [0.3, 0.4) is 0 Å². The van der Waals surface area contributed by atoms with Gasteiger partial charge in [-0.05, 0) is 35.4 Å². The van der Waals surface area contributed by atoms with Gasteiger partial charge in [0.1, 0.15) is 0 Å². The van der Waals surface area contributed by atoms with E-state index in [9.17, 15) is 0 Å². The van der Waals surface area contributed by atoms with Crippen LogP contribution < -0.4 is 5.73 Å². The molecule has 0 amide bonds. The monoisotopic (exact) mass is 280 g/mol. The third-order valence-electron chi connectivity index (χ3n) is 4.37. The Morgan fingerprint density at radius 1 is 1.42 bits per heavy atom. The number of nitrogens with zero attached hydrogens (tertiary/aromatic N) is 1. The van der Waals surface area contributed by atoms with E-state index in [1.807, 2.05) is 12.1 Å². The minimum Gasteiger partial charge on any atom is -0.327 e. The van der Waals surface area contributed by atoms with Crippen LogP contribution in [0.2, 0.25) is 5.02 Å². The second-order valence-electron chi connectivity index (χ2n) is 6.33. The van der Waals surface area contributed by atoms with Crippen LogP contribution in [-0.2, 0) is 13.0 Å². The molecule has 1 aliphatic rings. The van der Waals surface area contributed by atoms with Gasteiger partial charge >= 0.3 is 0 Å². The first-order chi connectivity index (χ1) is 8.94. The van der Waals surface area contributed by atoms with Gasteiger partial charge in [-0.3, -0.25) is 4.90 Å². The Hall–Kier alpha value is -0.570. The molecule has 1 aromatic carbocycles. The number of benzene rings is 1. The predicted molar refractivity (Wildman–Crippen MR) is 82.5 cm³/mol. The summed E-state index contributed by atoms with van der Waals surface area (Å²) in [6.45, 7) is 9.76. The average molecular weight is 281 g/mol. The van der Waals surface area contributed by atoms with Crippen LogP contribution in [-0.4, -0.2) is 24.0 Å². The summed E-state index contributed by atoms with van der Waals surface area (Å²) in [5, 5.41) is 0.895. The number of hydrogen-bond acceptors (Lipinski definition) is 2. The largest absolute Gasteiger partial charge is 0.327 e. The summed E-state index contributed by atoms with van der Waals surface area (Å²) in [5.74, 6) is 0. The van der Waals surface area contributed by atoms with E-state index in [0.29, 0.717) is 6.04 Å². The Kier molecular flexibility index (Phi) is 4.54. The van der Waals surface area contributed by atoms with E-state index in [4.69, 9.17) is 17.3 Å². The highest BCUT2D eigenvalue weighted by atomic mass is 35.5. The van der Waals surface area contributed by atoms with Crippen LogP contribution in [0.25, 0.3) is 0 Å². The smallest absolute Gasteiger partial charge is 0.0453 e. The summed E-state index contributed by atoms with van der Waals surface area (Å²) in [5.41, 5.74) is 9.04. The summed E-state index contributed by atoms with van der Waals surface area (Å²) >= 11 is 6.38. The topological polar surface area (TPSA) is 29.3 Å². The van der Waals surface area contributed by atoms with Gasteiger partial charge in [-0.15, -0.1) is 0 Å². The van der Waals surface area contributed by atoms with Gasteiger partial charge in [0.2, 0.25) is 0 Å². The Morgan fingerprint density at radius 2 is 2.16 bits per heavy atom. The fourth-order valence-electron chi connectivity index (χ4n) is 2.96. The van der Waals surface area contributed by atoms with Gasteiger partial charge in [0, 0.05) is 30.7 Å². The average Bonchev–Trinajstić information content (AvgIpc) is 2.36. The maximum Gasteiger partial charge on any atom is 0.0453 e. The van der Waals surface area contributed by atoms with E-state index < -0.39 is 0 Å². The van der Waals surface area contributed by atoms with Gasteiger partial charge in [-0.25, -0.2) is 0 Å². The van der Waals surface area contributed by atoms with E-state index >= 15 is 0 Å². The van der Waals surface area contributed by atoms with Crippen LogP contribution in [0.5, 0.6) is 0 Å². The molecule has 0 aromatic heterocycles. The van der Waals surface area contributed by atoms with Crippen molar-refractivity contribution in [1.29, 1.82) is 0 Å². The van der Waals surface area contributed by atoms with Crippen molar-refractivity contribution in [3.63, 3.8) is 0 Å². The molecule has 1 aliphatic heterocycles. The Labute approximate surface area is 121 Å². The summed E-state index contributed by atoms with van der Waals surface area (Å²) < 4.78 is 0. The molecule has 1 saturated heterocycles. The molecule has 0 spiro atoms. The standard InChI is InChI=1S/C16H25ClN2/c1-4-12-6-5-7-14(17)13(12)10-19-9-8-15(18)16(2,3)11-19/h5-7,15H,4,8-11,18H2,1-3H3. The highest BCUT2D eigenvalue weighted by Crippen LogP contribution is 2.30. The zero-order valence-corrected chi connectivity index (χ0v) is 13.0. The normalized spacial score (nSPS) is 23.5. The van der Waals surface area contributed by atoms with Crippen molar-refractivity contribution in [3.8, 4) is 0 Å².